The third-order valence-corrected chi connectivity index (χ3v) is 11.0. The number of rotatable bonds is 7. The SMILES string of the molecule is CC1C(CN2CCC(NC3=C4C=C(CC(F)(F)F)SC4NC=N3)CC2)CCC2C1C=C(C#N)N2CC1CCC1. The highest BCUT2D eigenvalue weighted by molar-refractivity contribution is 8.04. The van der Waals surface area contributed by atoms with Crippen LogP contribution in [0.1, 0.15) is 58.3 Å². The Labute approximate surface area is 233 Å². The van der Waals surface area contributed by atoms with Crippen molar-refractivity contribution in [3.8, 4) is 6.07 Å². The summed E-state index contributed by atoms with van der Waals surface area (Å²) in [5.41, 5.74) is 1.73. The average molecular weight is 561 g/mol. The molecule has 6 rings (SSSR count). The second kappa shape index (κ2) is 11.0. The van der Waals surface area contributed by atoms with Gasteiger partial charge in [-0.2, -0.15) is 18.4 Å². The van der Waals surface area contributed by atoms with Gasteiger partial charge in [-0.1, -0.05) is 13.3 Å². The molecule has 212 valence electrons. The van der Waals surface area contributed by atoms with E-state index in [2.05, 4.69) is 44.5 Å². The summed E-state index contributed by atoms with van der Waals surface area (Å²) in [7, 11) is 0. The molecule has 4 aliphatic heterocycles. The van der Waals surface area contributed by atoms with Gasteiger partial charge in [0.15, 0.2) is 0 Å². The Morgan fingerprint density at radius 3 is 2.64 bits per heavy atom. The van der Waals surface area contributed by atoms with E-state index in [1.807, 2.05) is 0 Å². The van der Waals surface area contributed by atoms with E-state index in [-0.39, 0.29) is 11.4 Å². The van der Waals surface area contributed by atoms with Crippen LogP contribution in [0.4, 0.5) is 13.2 Å². The Morgan fingerprint density at radius 1 is 1.15 bits per heavy atom. The summed E-state index contributed by atoms with van der Waals surface area (Å²) >= 11 is 1.23. The first-order valence-corrected chi connectivity index (χ1v) is 15.5. The van der Waals surface area contributed by atoms with Gasteiger partial charge in [0.1, 0.15) is 23.0 Å². The zero-order chi connectivity index (χ0) is 27.1. The number of fused-ring (bicyclic) bond motifs is 2. The number of piperidine rings is 1. The van der Waals surface area contributed by atoms with E-state index in [9.17, 15) is 18.4 Å². The molecule has 0 aromatic carbocycles. The molecule has 0 radical (unpaired) electrons. The number of nitrogens with zero attached hydrogens (tertiary/aromatic N) is 4. The third-order valence-electron chi connectivity index (χ3n) is 9.84. The predicted molar refractivity (Wildman–Crippen MR) is 148 cm³/mol. The lowest BCUT2D eigenvalue weighted by Gasteiger charge is -2.45. The maximum absolute atomic E-state index is 12.9. The molecule has 6 nitrogen and oxygen atoms in total. The van der Waals surface area contributed by atoms with Crippen LogP contribution in [0.15, 0.2) is 39.1 Å². The molecule has 6 aliphatic rings. The molecule has 5 atom stereocenters. The van der Waals surface area contributed by atoms with Crippen LogP contribution in [-0.4, -0.2) is 66.0 Å². The van der Waals surface area contributed by atoms with Gasteiger partial charge in [0.05, 0.1) is 12.8 Å². The van der Waals surface area contributed by atoms with Crippen LogP contribution in [0.5, 0.6) is 0 Å². The summed E-state index contributed by atoms with van der Waals surface area (Å²) in [4.78, 5) is 9.82. The highest BCUT2D eigenvalue weighted by atomic mass is 32.2. The smallest absolute Gasteiger partial charge is 0.367 e. The summed E-state index contributed by atoms with van der Waals surface area (Å²) in [5.74, 6) is 3.17. The van der Waals surface area contributed by atoms with Crippen molar-refractivity contribution in [1.82, 2.24) is 20.4 Å². The van der Waals surface area contributed by atoms with Gasteiger partial charge in [0, 0.05) is 49.8 Å². The van der Waals surface area contributed by atoms with Crippen LogP contribution >= 0.6 is 11.8 Å². The number of aliphatic imine (C=N–C) groups is 1. The number of alkyl halides is 3. The molecule has 3 fully saturated rings. The number of thioether (sulfide) groups is 1. The molecular weight excluding hydrogens is 521 g/mol. The minimum Gasteiger partial charge on any atom is -0.367 e. The minimum atomic E-state index is -4.20. The monoisotopic (exact) mass is 560 g/mol. The summed E-state index contributed by atoms with van der Waals surface area (Å²) in [5, 5.41) is 16.2. The number of halogens is 3. The van der Waals surface area contributed by atoms with Crippen molar-refractivity contribution in [3.63, 3.8) is 0 Å². The Morgan fingerprint density at radius 2 is 1.95 bits per heavy atom. The molecule has 0 aromatic heterocycles. The van der Waals surface area contributed by atoms with E-state index in [0.29, 0.717) is 34.5 Å². The Hall–Kier alpha value is -2.12. The third kappa shape index (κ3) is 5.85. The van der Waals surface area contributed by atoms with E-state index in [1.165, 1.54) is 43.9 Å². The van der Waals surface area contributed by atoms with Crippen molar-refractivity contribution in [1.29, 1.82) is 5.26 Å². The molecule has 10 heteroatoms. The van der Waals surface area contributed by atoms with E-state index in [0.717, 1.165) is 56.2 Å². The molecule has 2 N–H and O–H groups in total. The van der Waals surface area contributed by atoms with Crippen LogP contribution in [0.3, 0.4) is 0 Å². The van der Waals surface area contributed by atoms with E-state index >= 15 is 0 Å². The second-order valence-corrected chi connectivity index (χ2v) is 13.5. The quantitative estimate of drug-likeness (QED) is 0.438. The van der Waals surface area contributed by atoms with Crippen LogP contribution in [0.2, 0.25) is 0 Å². The Kier molecular flexibility index (Phi) is 7.66. The minimum absolute atomic E-state index is 0.199. The molecule has 4 heterocycles. The molecule has 2 aliphatic carbocycles. The Bertz CT molecular complexity index is 1100. The van der Waals surface area contributed by atoms with Crippen LogP contribution in [0.25, 0.3) is 0 Å². The number of hydrogen-bond donors (Lipinski definition) is 2. The molecule has 1 saturated heterocycles. The number of hydrogen-bond acceptors (Lipinski definition) is 7. The summed E-state index contributed by atoms with van der Waals surface area (Å²) < 4.78 is 38.7. The van der Waals surface area contributed by atoms with Crippen molar-refractivity contribution in [3.05, 3.63) is 34.1 Å². The molecule has 0 amide bonds. The maximum Gasteiger partial charge on any atom is 0.393 e. The predicted octanol–water partition coefficient (Wildman–Crippen LogP) is 5.35. The standard InChI is InChI=1S/C29H39F3N6S/c1-18-20(5-6-26-24(18)11-22(14-33)38(26)15-19-3-2-4-19)16-37-9-7-21(8-10-37)36-27-25-12-23(13-29(30,31)32)39-28(25)35-17-34-27/h11-12,17-21,24,26,28,36H,2-10,13,15-16H2,1H3,(H,34,35). The van der Waals surface area contributed by atoms with Gasteiger partial charge in [0.2, 0.25) is 0 Å². The number of allylic oxidation sites excluding steroid dienone is 2. The average Bonchev–Trinajstić information content (AvgIpc) is 3.44. The topological polar surface area (TPSA) is 66.7 Å². The fraction of sp³-hybridized carbons (Fsp3) is 0.724. The van der Waals surface area contributed by atoms with Gasteiger partial charge in [0.25, 0.3) is 0 Å². The zero-order valence-corrected chi connectivity index (χ0v) is 23.4. The maximum atomic E-state index is 12.9. The molecule has 5 unspecified atom stereocenters. The van der Waals surface area contributed by atoms with Gasteiger partial charge in [-0.25, -0.2) is 4.99 Å². The van der Waals surface area contributed by atoms with Crippen molar-refractivity contribution < 1.29 is 13.2 Å². The van der Waals surface area contributed by atoms with Crippen molar-refractivity contribution in [2.45, 2.75) is 81.9 Å². The van der Waals surface area contributed by atoms with Gasteiger partial charge >= 0.3 is 6.18 Å². The molecule has 0 bridgehead atoms. The highest BCUT2D eigenvalue weighted by Gasteiger charge is 2.44. The molecule has 2 saturated carbocycles. The van der Waals surface area contributed by atoms with Gasteiger partial charge in [-0.3, -0.25) is 0 Å². The summed E-state index contributed by atoms with van der Waals surface area (Å²) in [6.45, 7) is 6.59. The molecule has 0 spiro atoms. The number of nitrogens with one attached hydrogen (secondary N) is 2. The first-order chi connectivity index (χ1) is 18.8. The van der Waals surface area contributed by atoms with E-state index < -0.39 is 12.6 Å². The molecular formula is C29H39F3N6S. The van der Waals surface area contributed by atoms with Gasteiger partial charge in [-0.15, -0.1) is 11.8 Å². The first kappa shape index (κ1) is 27.1. The zero-order valence-electron chi connectivity index (χ0n) is 22.6. The fourth-order valence-corrected chi connectivity index (χ4v) is 8.57. The molecule has 0 aromatic rings. The van der Waals surface area contributed by atoms with Crippen LogP contribution < -0.4 is 10.6 Å². The number of nitriles is 1. The van der Waals surface area contributed by atoms with Gasteiger partial charge in [-0.05, 0) is 73.3 Å². The first-order valence-electron chi connectivity index (χ1n) is 14.6. The van der Waals surface area contributed by atoms with Gasteiger partial charge < -0.3 is 20.4 Å². The van der Waals surface area contributed by atoms with Crippen LogP contribution in [-0.2, 0) is 0 Å². The lowest BCUT2D eigenvalue weighted by atomic mass is 9.70. The van der Waals surface area contributed by atoms with Crippen molar-refractivity contribution in [2.24, 2.45) is 28.7 Å². The fourth-order valence-electron chi connectivity index (χ4n) is 7.39. The second-order valence-electron chi connectivity index (χ2n) is 12.3. The highest BCUT2D eigenvalue weighted by Crippen LogP contribution is 2.46. The van der Waals surface area contributed by atoms with E-state index in [4.69, 9.17) is 0 Å². The van der Waals surface area contributed by atoms with Crippen molar-refractivity contribution in [2.75, 3.05) is 26.2 Å². The largest absolute Gasteiger partial charge is 0.393 e. The lowest BCUT2D eigenvalue weighted by molar-refractivity contribution is -0.125. The lowest BCUT2D eigenvalue weighted by Crippen LogP contribution is -2.48. The summed E-state index contributed by atoms with van der Waals surface area (Å²) in [6.07, 6.45) is 8.81. The van der Waals surface area contributed by atoms with Crippen LogP contribution in [0, 0.1) is 35.0 Å². The summed E-state index contributed by atoms with van der Waals surface area (Å²) in [6, 6.07) is 3.28. The molecule has 39 heavy (non-hydrogen) atoms. The van der Waals surface area contributed by atoms with E-state index in [1.54, 1.807) is 12.4 Å². The van der Waals surface area contributed by atoms with Crippen molar-refractivity contribution >= 4 is 18.1 Å². The number of likely N-dealkylation sites (tertiary alicyclic amines) is 1. The Balaban J connectivity index is 1.01. The normalized spacial score (nSPS) is 33.6.